The molecule has 0 spiro atoms. The maximum absolute atomic E-state index is 13.6. The third-order valence-corrected chi connectivity index (χ3v) is 5.04. The molecule has 2 aromatic carbocycles. The summed E-state index contributed by atoms with van der Waals surface area (Å²) < 4.78 is 26.8. The zero-order chi connectivity index (χ0) is 15.5. The van der Waals surface area contributed by atoms with Gasteiger partial charge in [-0.25, -0.2) is 8.78 Å². The lowest BCUT2D eigenvalue weighted by Crippen LogP contribution is -2.20. The quantitative estimate of drug-likeness (QED) is 0.831. The second-order valence-electron chi connectivity index (χ2n) is 5.00. The van der Waals surface area contributed by atoms with Gasteiger partial charge in [0.15, 0.2) is 0 Å². The van der Waals surface area contributed by atoms with E-state index < -0.39 is 0 Å². The number of nitrogens with one attached hydrogen (secondary N) is 1. The van der Waals surface area contributed by atoms with Crippen LogP contribution in [0.2, 0.25) is 5.02 Å². The van der Waals surface area contributed by atoms with Gasteiger partial charge in [-0.3, -0.25) is 0 Å². The minimum absolute atomic E-state index is 0.260. The first kappa shape index (κ1) is 15.5. The van der Waals surface area contributed by atoms with E-state index in [0.29, 0.717) is 5.02 Å². The Hall–Kier alpha value is -1.36. The Bertz CT molecular complexity index is 731. The second kappa shape index (κ2) is 6.82. The molecule has 1 aliphatic heterocycles. The first-order chi connectivity index (χ1) is 10.6. The maximum atomic E-state index is 13.6. The van der Waals surface area contributed by atoms with Gasteiger partial charge in [0, 0.05) is 16.3 Å². The summed E-state index contributed by atoms with van der Waals surface area (Å²) in [6.07, 6.45) is 2.93. The van der Waals surface area contributed by atoms with Crippen LogP contribution in [0.5, 0.6) is 0 Å². The largest absolute Gasteiger partial charge is 0.313 e. The minimum atomic E-state index is -0.366. The van der Waals surface area contributed by atoms with Crippen LogP contribution in [0.1, 0.15) is 12.0 Å². The Morgan fingerprint density at radius 1 is 1.00 bits per heavy atom. The highest BCUT2D eigenvalue weighted by molar-refractivity contribution is 7.99. The lowest BCUT2D eigenvalue weighted by atomic mass is 10.0. The third-order valence-electron chi connectivity index (χ3n) is 3.47. The molecule has 114 valence electrons. The van der Waals surface area contributed by atoms with E-state index in [0.717, 1.165) is 40.4 Å². The summed E-state index contributed by atoms with van der Waals surface area (Å²) in [5.74, 6) is -0.626. The van der Waals surface area contributed by atoms with Gasteiger partial charge in [0.2, 0.25) is 0 Å². The number of hydrogen-bond donors (Lipinski definition) is 1. The summed E-state index contributed by atoms with van der Waals surface area (Å²) in [6.45, 7) is 1.66. The van der Waals surface area contributed by atoms with E-state index in [1.54, 1.807) is 18.2 Å². The highest BCUT2D eigenvalue weighted by atomic mass is 35.5. The molecule has 0 unspecified atom stereocenters. The van der Waals surface area contributed by atoms with Crippen LogP contribution < -0.4 is 5.32 Å². The zero-order valence-corrected chi connectivity index (χ0v) is 13.3. The van der Waals surface area contributed by atoms with Gasteiger partial charge < -0.3 is 5.32 Å². The van der Waals surface area contributed by atoms with E-state index in [9.17, 15) is 8.78 Å². The van der Waals surface area contributed by atoms with E-state index in [4.69, 9.17) is 11.6 Å². The molecule has 0 saturated carbocycles. The molecular weight excluding hydrogens is 324 g/mol. The van der Waals surface area contributed by atoms with Gasteiger partial charge in [-0.15, -0.1) is 0 Å². The lowest BCUT2D eigenvalue weighted by molar-refractivity contribution is 0.625. The fraction of sp³-hybridized carbons (Fsp3) is 0.176. The second-order valence-corrected chi connectivity index (χ2v) is 6.49. The van der Waals surface area contributed by atoms with Gasteiger partial charge in [-0.05, 0) is 60.5 Å². The van der Waals surface area contributed by atoms with E-state index in [2.05, 4.69) is 11.4 Å². The van der Waals surface area contributed by atoms with Crippen molar-refractivity contribution in [1.82, 2.24) is 5.32 Å². The van der Waals surface area contributed by atoms with Gasteiger partial charge in [0.25, 0.3) is 0 Å². The lowest BCUT2D eigenvalue weighted by Gasteiger charge is -2.17. The molecule has 0 bridgehead atoms. The molecule has 1 N–H and O–H groups in total. The van der Waals surface area contributed by atoms with Gasteiger partial charge in [-0.2, -0.15) is 0 Å². The highest BCUT2D eigenvalue weighted by Gasteiger charge is 2.14. The Morgan fingerprint density at radius 3 is 2.41 bits per heavy atom. The van der Waals surface area contributed by atoms with E-state index in [1.165, 1.54) is 30.0 Å². The Morgan fingerprint density at radius 2 is 1.73 bits per heavy atom. The number of benzene rings is 2. The number of rotatable bonds is 3. The molecule has 0 radical (unpaired) electrons. The molecule has 22 heavy (non-hydrogen) atoms. The molecule has 0 aromatic heterocycles. The molecule has 0 amide bonds. The molecule has 0 atom stereocenters. The fourth-order valence-electron chi connectivity index (χ4n) is 2.39. The van der Waals surface area contributed by atoms with Crippen LogP contribution in [0.4, 0.5) is 8.78 Å². The molecular formula is C17H14ClF2NS. The summed E-state index contributed by atoms with van der Waals surface area (Å²) >= 11 is 7.51. The van der Waals surface area contributed by atoms with Crippen molar-refractivity contribution in [3.05, 3.63) is 64.7 Å². The van der Waals surface area contributed by atoms with Crippen molar-refractivity contribution in [3.8, 4) is 0 Å². The van der Waals surface area contributed by atoms with Crippen LogP contribution >= 0.6 is 23.4 Å². The third kappa shape index (κ3) is 3.51. The van der Waals surface area contributed by atoms with Gasteiger partial charge >= 0.3 is 0 Å². The van der Waals surface area contributed by atoms with Crippen molar-refractivity contribution < 1.29 is 8.78 Å². The minimum Gasteiger partial charge on any atom is -0.313 e. The molecule has 0 aliphatic carbocycles. The molecule has 0 saturated heterocycles. The van der Waals surface area contributed by atoms with Crippen molar-refractivity contribution in [2.45, 2.75) is 16.2 Å². The van der Waals surface area contributed by atoms with Crippen molar-refractivity contribution in [2.75, 3.05) is 13.1 Å². The summed E-state index contributed by atoms with van der Waals surface area (Å²) in [5.41, 5.74) is 2.01. The molecule has 2 aromatic rings. The van der Waals surface area contributed by atoms with Crippen LogP contribution in [0, 0.1) is 11.6 Å². The standard InChI is InChI=1S/C17H14ClF2NS/c18-15-10-13(20)2-4-17(15)22-16-3-1-12(19)9-14(16)11-5-7-21-8-6-11/h1-5,9-10,21H,6-8H2. The van der Waals surface area contributed by atoms with Crippen LogP contribution in [0.25, 0.3) is 5.57 Å². The maximum Gasteiger partial charge on any atom is 0.124 e. The molecule has 0 fully saturated rings. The van der Waals surface area contributed by atoms with E-state index >= 15 is 0 Å². The van der Waals surface area contributed by atoms with Crippen molar-refractivity contribution in [3.63, 3.8) is 0 Å². The average Bonchev–Trinajstić information content (AvgIpc) is 2.52. The summed E-state index contributed by atoms with van der Waals surface area (Å²) in [7, 11) is 0. The van der Waals surface area contributed by atoms with Gasteiger partial charge in [0.1, 0.15) is 11.6 Å². The van der Waals surface area contributed by atoms with Gasteiger partial charge in [0.05, 0.1) is 5.02 Å². The van der Waals surface area contributed by atoms with Gasteiger partial charge in [-0.1, -0.05) is 29.4 Å². The smallest absolute Gasteiger partial charge is 0.124 e. The predicted molar refractivity (Wildman–Crippen MR) is 87.4 cm³/mol. The van der Waals surface area contributed by atoms with Crippen LogP contribution in [-0.4, -0.2) is 13.1 Å². The molecule has 3 rings (SSSR count). The average molecular weight is 338 g/mol. The topological polar surface area (TPSA) is 12.0 Å². The van der Waals surface area contributed by atoms with Crippen molar-refractivity contribution in [2.24, 2.45) is 0 Å². The Labute approximate surface area is 137 Å². The first-order valence-electron chi connectivity index (χ1n) is 6.96. The Balaban J connectivity index is 1.98. The zero-order valence-electron chi connectivity index (χ0n) is 11.7. The van der Waals surface area contributed by atoms with E-state index in [-0.39, 0.29) is 11.6 Å². The van der Waals surface area contributed by atoms with Crippen LogP contribution in [0.15, 0.2) is 52.3 Å². The highest BCUT2D eigenvalue weighted by Crippen LogP contribution is 2.38. The van der Waals surface area contributed by atoms with Crippen LogP contribution in [0.3, 0.4) is 0 Å². The normalized spacial score (nSPS) is 14.8. The Kier molecular flexibility index (Phi) is 4.81. The number of hydrogen-bond acceptors (Lipinski definition) is 2. The number of halogens is 3. The monoisotopic (exact) mass is 337 g/mol. The molecule has 1 heterocycles. The summed E-state index contributed by atoms with van der Waals surface area (Å²) in [5, 5.41) is 3.60. The first-order valence-corrected chi connectivity index (χ1v) is 8.15. The molecule has 1 aliphatic rings. The molecule has 1 nitrogen and oxygen atoms in total. The van der Waals surface area contributed by atoms with E-state index in [1.807, 2.05) is 0 Å². The van der Waals surface area contributed by atoms with Crippen molar-refractivity contribution in [1.29, 1.82) is 0 Å². The predicted octanol–water partition coefficient (Wildman–Crippen LogP) is 5.15. The van der Waals surface area contributed by atoms with Crippen LogP contribution in [-0.2, 0) is 0 Å². The summed E-state index contributed by atoms with van der Waals surface area (Å²) in [4.78, 5) is 1.67. The van der Waals surface area contributed by atoms with Crippen molar-refractivity contribution >= 4 is 28.9 Å². The summed E-state index contributed by atoms with van der Waals surface area (Å²) in [6, 6.07) is 9.05. The molecule has 5 heteroatoms. The SMILES string of the molecule is Fc1ccc(Sc2ccc(F)cc2C2=CCNCC2)c(Cl)c1. The fourth-order valence-corrected chi connectivity index (χ4v) is 3.63.